The van der Waals surface area contributed by atoms with Gasteiger partial charge in [0, 0.05) is 0 Å². The molecule has 58 valence electrons. The second-order valence-electron chi connectivity index (χ2n) is 1.93. The van der Waals surface area contributed by atoms with Crippen molar-refractivity contribution in [3.8, 4) is 0 Å². The highest BCUT2D eigenvalue weighted by atomic mass is 16.1. The quantitative estimate of drug-likeness (QED) is 0.345. The SMILES string of the molecule is C\C(C=O)=C/C=C\C=C\C=O. The molecule has 0 N–H and O–H groups in total. The van der Waals surface area contributed by atoms with E-state index in [0.717, 1.165) is 6.29 Å². The van der Waals surface area contributed by atoms with Gasteiger partial charge in [0.15, 0.2) is 0 Å². The van der Waals surface area contributed by atoms with E-state index in [9.17, 15) is 9.59 Å². The van der Waals surface area contributed by atoms with Gasteiger partial charge in [-0.2, -0.15) is 0 Å². The first kappa shape index (κ1) is 9.56. The molecule has 2 nitrogen and oxygen atoms in total. The molecular weight excluding hydrogens is 140 g/mol. The van der Waals surface area contributed by atoms with E-state index in [1.807, 2.05) is 0 Å². The Kier molecular flexibility index (Phi) is 5.80. The Balaban J connectivity index is 3.85. The lowest BCUT2D eigenvalue weighted by Crippen LogP contribution is -1.71. The lowest BCUT2D eigenvalue weighted by Gasteiger charge is -1.78. The van der Waals surface area contributed by atoms with Gasteiger partial charge in [-0.05, 0) is 18.6 Å². The molecule has 11 heavy (non-hydrogen) atoms. The number of carbonyl (C=O) groups excluding carboxylic acids is 2. The van der Waals surface area contributed by atoms with E-state index in [1.54, 1.807) is 31.2 Å². The number of aldehydes is 2. The summed E-state index contributed by atoms with van der Waals surface area (Å²) in [5.41, 5.74) is 0.653. The summed E-state index contributed by atoms with van der Waals surface area (Å²) in [5.74, 6) is 0. The summed E-state index contributed by atoms with van der Waals surface area (Å²) < 4.78 is 0. The zero-order valence-electron chi connectivity index (χ0n) is 6.36. The summed E-state index contributed by atoms with van der Waals surface area (Å²) in [6, 6.07) is 0. The zero-order chi connectivity index (χ0) is 8.53. The van der Waals surface area contributed by atoms with Crippen molar-refractivity contribution in [2.24, 2.45) is 0 Å². The van der Waals surface area contributed by atoms with Crippen LogP contribution in [0.1, 0.15) is 6.92 Å². The Morgan fingerprint density at radius 1 is 1.00 bits per heavy atom. The Hall–Kier alpha value is -1.44. The first-order valence-electron chi connectivity index (χ1n) is 3.22. The number of rotatable bonds is 4. The van der Waals surface area contributed by atoms with Crippen LogP contribution >= 0.6 is 0 Å². The minimum atomic E-state index is 0.653. The van der Waals surface area contributed by atoms with Crippen molar-refractivity contribution in [2.75, 3.05) is 0 Å². The minimum Gasteiger partial charge on any atom is -0.299 e. The molecule has 0 aromatic heterocycles. The maximum absolute atomic E-state index is 10.0. The highest BCUT2D eigenvalue weighted by Gasteiger charge is 1.76. The average Bonchev–Trinajstić information content (AvgIpc) is 2.04. The molecule has 0 aromatic carbocycles. The molecule has 0 aromatic rings. The molecule has 0 heterocycles. The fourth-order valence-corrected chi connectivity index (χ4v) is 0.420. The van der Waals surface area contributed by atoms with Crippen LogP contribution in [0.2, 0.25) is 0 Å². The molecule has 0 aliphatic heterocycles. The van der Waals surface area contributed by atoms with Gasteiger partial charge in [0.25, 0.3) is 0 Å². The molecule has 0 saturated heterocycles. The number of hydrogen-bond donors (Lipinski definition) is 0. The third kappa shape index (κ3) is 6.45. The first-order chi connectivity index (χ1) is 5.31. The molecule has 0 atom stereocenters. The van der Waals surface area contributed by atoms with Crippen molar-refractivity contribution in [1.82, 2.24) is 0 Å². The van der Waals surface area contributed by atoms with Gasteiger partial charge >= 0.3 is 0 Å². The van der Waals surface area contributed by atoms with Gasteiger partial charge in [-0.15, -0.1) is 0 Å². The summed E-state index contributed by atoms with van der Waals surface area (Å²) >= 11 is 0. The van der Waals surface area contributed by atoms with Crippen LogP contribution in [0.15, 0.2) is 36.0 Å². The standard InChI is InChI=1S/C9H10O2/c1-9(8-11)6-4-2-3-5-7-10/h2-8H,1H3/b4-2-,5-3+,9-6+. The number of allylic oxidation sites excluding steroid dienone is 6. The smallest absolute Gasteiger partial charge is 0.145 e. The second-order valence-corrected chi connectivity index (χ2v) is 1.93. The lowest BCUT2D eigenvalue weighted by molar-refractivity contribution is -0.105. The third-order valence-electron chi connectivity index (χ3n) is 0.957. The van der Waals surface area contributed by atoms with Crippen LogP contribution in [0, 0.1) is 0 Å². The van der Waals surface area contributed by atoms with Crippen molar-refractivity contribution in [2.45, 2.75) is 6.92 Å². The van der Waals surface area contributed by atoms with Crippen molar-refractivity contribution < 1.29 is 9.59 Å². The third-order valence-corrected chi connectivity index (χ3v) is 0.957. The fraction of sp³-hybridized carbons (Fsp3) is 0.111. The van der Waals surface area contributed by atoms with Crippen molar-refractivity contribution in [1.29, 1.82) is 0 Å². The summed E-state index contributed by atoms with van der Waals surface area (Å²) in [6.07, 6.45) is 9.49. The Bertz CT molecular complexity index is 210. The molecule has 0 radical (unpaired) electrons. The van der Waals surface area contributed by atoms with E-state index < -0.39 is 0 Å². The van der Waals surface area contributed by atoms with Gasteiger partial charge < -0.3 is 0 Å². The molecular formula is C9H10O2. The van der Waals surface area contributed by atoms with Crippen LogP contribution in [0.4, 0.5) is 0 Å². The van der Waals surface area contributed by atoms with Crippen molar-refractivity contribution in [3.05, 3.63) is 36.0 Å². The van der Waals surface area contributed by atoms with Gasteiger partial charge in [0.2, 0.25) is 0 Å². The Morgan fingerprint density at radius 2 is 1.64 bits per heavy atom. The molecule has 2 heteroatoms. The van der Waals surface area contributed by atoms with E-state index in [1.165, 1.54) is 6.08 Å². The van der Waals surface area contributed by atoms with Gasteiger partial charge in [-0.1, -0.05) is 24.3 Å². The van der Waals surface area contributed by atoms with Crippen LogP contribution in [-0.2, 0) is 9.59 Å². The second kappa shape index (κ2) is 6.68. The average molecular weight is 150 g/mol. The van der Waals surface area contributed by atoms with Crippen molar-refractivity contribution >= 4 is 12.6 Å². The summed E-state index contributed by atoms with van der Waals surface area (Å²) in [6.45, 7) is 1.71. The topological polar surface area (TPSA) is 34.1 Å². The zero-order valence-corrected chi connectivity index (χ0v) is 6.36. The predicted octanol–water partition coefficient (Wildman–Crippen LogP) is 1.44. The highest BCUT2D eigenvalue weighted by Crippen LogP contribution is 1.86. The van der Waals surface area contributed by atoms with E-state index in [0.29, 0.717) is 11.9 Å². The monoisotopic (exact) mass is 150 g/mol. The number of carbonyl (C=O) groups is 2. The van der Waals surface area contributed by atoms with E-state index >= 15 is 0 Å². The van der Waals surface area contributed by atoms with Crippen LogP contribution in [-0.4, -0.2) is 12.6 Å². The molecule has 0 rings (SSSR count). The molecule has 0 unspecified atom stereocenters. The molecule has 0 aliphatic carbocycles. The summed E-state index contributed by atoms with van der Waals surface area (Å²) in [4.78, 5) is 19.8. The fourth-order valence-electron chi connectivity index (χ4n) is 0.420. The van der Waals surface area contributed by atoms with E-state index in [2.05, 4.69) is 0 Å². The van der Waals surface area contributed by atoms with Crippen LogP contribution in [0.3, 0.4) is 0 Å². The molecule has 0 bridgehead atoms. The van der Waals surface area contributed by atoms with Gasteiger partial charge in [-0.3, -0.25) is 9.59 Å². The summed E-state index contributed by atoms with van der Waals surface area (Å²) in [7, 11) is 0. The van der Waals surface area contributed by atoms with Crippen molar-refractivity contribution in [3.63, 3.8) is 0 Å². The normalized spacial score (nSPS) is 12.6. The highest BCUT2D eigenvalue weighted by molar-refractivity contribution is 5.72. The maximum atomic E-state index is 10.0. The summed E-state index contributed by atoms with van der Waals surface area (Å²) in [5, 5.41) is 0. The minimum absolute atomic E-state index is 0.653. The Labute approximate surface area is 65.9 Å². The van der Waals surface area contributed by atoms with Crippen LogP contribution < -0.4 is 0 Å². The first-order valence-corrected chi connectivity index (χ1v) is 3.22. The molecule has 0 saturated carbocycles. The number of hydrogen-bond acceptors (Lipinski definition) is 2. The Morgan fingerprint density at radius 3 is 2.18 bits per heavy atom. The molecule has 0 spiro atoms. The van der Waals surface area contributed by atoms with Crippen LogP contribution in [0.5, 0.6) is 0 Å². The molecule has 0 amide bonds. The van der Waals surface area contributed by atoms with Gasteiger partial charge in [0.05, 0.1) is 0 Å². The lowest BCUT2D eigenvalue weighted by atomic mass is 10.3. The van der Waals surface area contributed by atoms with Crippen LogP contribution in [0.25, 0.3) is 0 Å². The largest absolute Gasteiger partial charge is 0.299 e. The van der Waals surface area contributed by atoms with Gasteiger partial charge in [0.1, 0.15) is 12.6 Å². The van der Waals surface area contributed by atoms with E-state index in [4.69, 9.17) is 0 Å². The molecule has 0 fully saturated rings. The van der Waals surface area contributed by atoms with Gasteiger partial charge in [-0.25, -0.2) is 0 Å². The van der Waals surface area contributed by atoms with E-state index in [-0.39, 0.29) is 0 Å². The maximum Gasteiger partial charge on any atom is 0.145 e. The molecule has 0 aliphatic rings. The predicted molar refractivity (Wildman–Crippen MR) is 44.2 cm³/mol.